The molecule has 0 unspecified atom stereocenters. The van der Waals surface area contributed by atoms with E-state index in [-0.39, 0.29) is 11.8 Å². The predicted octanol–water partition coefficient (Wildman–Crippen LogP) is 2.48. The van der Waals surface area contributed by atoms with Crippen LogP contribution < -0.4 is 10.1 Å². The Labute approximate surface area is 151 Å². The molecule has 1 aliphatic carbocycles. The van der Waals surface area contributed by atoms with Gasteiger partial charge in [0.05, 0.1) is 6.54 Å². The predicted molar refractivity (Wildman–Crippen MR) is 96.7 cm³/mol. The van der Waals surface area contributed by atoms with Crippen LogP contribution in [0.4, 0.5) is 0 Å². The molecular weight excluding hydrogens is 330 g/mol. The molecule has 1 amide bonds. The van der Waals surface area contributed by atoms with Gasteiger partial charge in [0.1, 0.15) is 6.61 Å². The van der Waals surface area contributed by atoms with Gasteiger partial charge in [0, 0.05) is 17.5 Å². The van der Waals surface area contributed by atoms with Gasteiger partial charge in [0.2, 0.25) is 11.8 Å². The maximum Gasteiger partial charge on any atom is 0.231 e. The fraction of sp³-hybridized carbons (Fsp3) is 0.368. The summed E-state index contributed by atoms with van der Waals surface area (Å²) in [7, 11) is 0. The van der Waals surface area contributed by atoms with Gasteiger partial charge in [-0.2, -0.15) is 4.52 Å². The van der Waals surface area contributed by atoms with Crippen molar-refractivity contribution in [2.75, 3.05) is 13.2 Å². The molecule has 1 N–H and O–H groups in total. The normalized spacial score (nSPS) is 14.6. The summed E-state index contributed by atoms with van der Waals surface area (Å²) in [6, 6.07) is 13.4. The van der Waals surface area contributed by atoms with E-state index in [0.29, 0.717) is 30.5 Å². The van der Waals surface area contributed by atoms with Crippen molar-refractivity contribution in [1.29, 1.82) is 0 Å². The number of carbonyl (C=O) groups excluding carboxylic acids is 1. The lowest BCUT2D eigenvalue weighted by Gasteiger charge is -2.11. The Hall–Kier alpha value is -2.96. The number of carbonyl (C=O) groups is 1. The average Bonchev–Trinajstić information content (AvgIpc) is 3.35. The van der Waals surface area contributed by atoms with E-state index in [1.54, 1.807) is 10.6 Å². The van der Waals surface area contributed by atoms with E-state index in [9.17, 15) is 4.79 Å². The minimum atomic E-state index is 0.139. The van der Waals surface area contributed by atoms with E-state index < -0.39 is 0 Å². The number of ether oxygens (including phenoxy) is 1. The Bertz CT molecular complexity index is 887. The summed E-state index contributed by atoms with van der Waals surface area (Å²) in [5.41, 5.74) is 1.60. The minimum Gasteiger partial charge on any atom is -0.475 e. The van der Waals surface area contributed by atoms with Gasteiger partial charge in [0.15, 0.2) is 11.5 Å². The lowest BCUT2D eigenvalue weighted by Crippen LogP contribution is -2.32. The molecule has 1 aliphatic rings. The second-order valence-corrected chi connectivity index (χ2v) is 6.45. The van der Waals surface area contributed by atoms with Crippen LogP contribution in [0.3, 0.4) is 0 Å². The van der Waals surface area contributed by atoms with Gasteiger partial charge in [-0.1, -0.05) is 43.2 Å². The highest BCUT2D eigenvalue weighted by Crippen LogP contribution is 2.24. The number of hydrogen-bond donors (Lipinski definition) is 1. The Morgan fingerprint density at radius 3 is 2.73 bits per heavy atom. The zero-order valence-corrected chi connectivity index (χ0v) is 14.5. The molecule has 2 heterocycles. The Kier molecular flexibility index (Phi) is 4.77. The monoisotopic (exact) mass is 351 g/mol. The molecule has 0 atom stereocenters. The number of nitrogens with one attached hydrogen (secondary N) is 1. The first-order valence-corrected chi connectivity index (χ1v) is 9.00. The van der Waals surface area contributed by atoms with E-state index in [1.807, 2.05) is 36.4 Å². The molecule has 0 spiro atoms. The van der Waals surface area contributed by atoms with Crippen LogP contribution in [0.1, 0.15) is 25.7 Å². The molecule has 1 aromatic carbocycles. The third kappa shape index (κ3) is 3.51. The molecular formula is C19H21N5O2. The van der Waals surface area contributed by atoms with Crippen LogP contribution in [0.25, 0.3) is 17.0 Å². The highest BCUT2D eigenvalue weighted by molar-refractivity contribution is 5.78. The van der Waals surface area contributed by atoms with Gasteiger partial charge >= 0.3 is 0 Å². The third-order valence-electron chi connectivity index (χ3n) is 4.65. The van der Waals surface area contributed by atoms with Crippen molar-refractivity contribution in [2.45, 2.75) is 25.7 Å². The number of hydrogen-bond acceptors (Lipinski definition) is 5. The second kappa shape index (κ2) is 7.51. The SMILES string of the molecule is O=C(NCCOc1ccc2nnc(-c3ccccc3)n2n1)C1CCCC1. The molecule has 1 fully saturated rings. The standard InChI is InChI=1S/C19H21N5O2/c25-19(15-8-4-5-9-15)20-12-13-26-17-11-10-16-21-22-18(24(16)23-17)14-6-2-1-3-7-14/h1-3,6-7,10-11,15H,4-5,8-9,12-13H2,(H,20,25). The van der Waals surface area contributed by atoms with Crippen molar-refractivity contribution >= 4 is 11.6 Å². The number of aromatic nitrogens is 4. The molecule has 7 nitrogen and oxygen atoms in total. The summed E-state index contributed by atoms with van der Waals surface area (Å²) in [5.74, 6) is 1.46. The first-order chi connectivity index (χ1) is 12.8. The first kappa shape index (κ1) is 16.5. The van der Waals surface area contributed by atoms with Crippen LogP contribution in [0.5, 0.6) is 5.88 Å². The Balaban J connectivity index is 1.39. The molecule has 3 aromatic rings. The van der Waals surface area contributed by atoms with Crippen LogP contribution >= 0.6 is 0 Å². The van der Waals surface area contributed by atoms with E-state index in [1.165, 1.54) is 0 Å². The summed E-state index contributed by atoms with van der Waals surface area (Å²) in [5, 5.41) is 15.7. The van der Waals surface area contributed by atoms with Gasteiger partial charge in [-0.05, 0) is 18.9 Å². The van der Waals surface area contributed by atoms with E-state index >= 15 is 0 Å². The summed E-state index contributed by atoms with van der Waals surface area (Å²) in [6.45, 7) is 0.850. The lowest BCUT2D eigenvalue weighted by atomic mass is 10.1. The van der Waals surface area contributed by atoms with Crippen molar-refractivity contribution in [1.82, 2.24) is 25.1 Å². The molecule has 2 aromatic heterocycles. The van der Waals surface area contributed by atoms with E-state index in [2.05, 4.69) is 20.6 Å². The van der Waals surface area contributed by atoms with E-state index in [0.717, 1.165) is 31.2 Å². The Morgan fingerprint density at radius 2 is 1.92 bits per heavy atom. The van der Waals surface area contributed by atoms with Crippen LogP contribution in [0.15, 0.2) is 42.5 Å². The highest BCUT2D eigenvalue weighted by atomic mass is 16.5. The second-order valence-electron chi connectivity index (χ2n) is 6.45. The van der Waals surface area contributed by atoms with E-state index in [4.69, 9.17) is 4.74 Å². The van der Waals surface area contributed by atoms with Crippen LogP contribution in [0, 0.1) is 5.92 Å². The minimum absolute atomic E-state index is 0.139. The van der Waals surface area contributed by atoms with Crippen molar-refractivity contribution in [3.63, 3.8) is 0 Å². The fourth-order valence-corrected chi connectivity index (χ4v) is 3.28. The zero-order chi connectivity index (χ0) is 17.8. The number of fused-ring (bicyclic) bond motifs is 1. The van der Waals surface area contributed by atoms with Crippen molar-refractivity contribution in [3.05, 3.63) is 42.5 Å². The summed E-state index contributed by atoms with van der Waals surface area (Å²) in [4.78, 5) is 12.0. The maximum absolute atomic E-state index is 12.0. The molecule has 7 heteroatoms. The molecule has 0 saturated heterocycles. The third-order valence-corrected chi connectivity index (χ3v) is 4.65. The van der Waals surface area contributed by atoms with Gasteiger partial charge in [-0.25, -0.2) is 0 Å². The molecule has 0 bridgehead atoms. The van der Waals surface area contributed by atoms with Crippen LogP contribution in [0.2, 0.25) is 0 Å². The van der Waals surface area contributed by atoms with Gasteiger partial charge < -0.3 is 10.1 Å². The molecule has 0 radical (unpaired) electrons. The molecule has 0 aliphatic heterocycles. The smallest absolute Gasteiger partial charge is 0.231 e. The number of benzene rings is 1. The van der Waals surface area contributed by atoms with Crippen molar-refractivity contribution in [2.24, 2.45) is 5.92 Å². The lowest BCUT2D eigenvalue weighted by molar-refractivity contribution is -0.124. The van der Waals surface area contributed by atoms with Crippen LogP contribution in [-0.2, 0) is 4.79 Å². The highest BCUT2D eigenvalue weighted by Gasteiger charge is 2.22. The summed E-state index contributed by atoms with van der Waals surface area (Å²) < 4.78 is 7.35. The molecule has 1 saturated carbocycles. The number of nitrogens with zero attached hydrogens (tertiary/aromatic N) is 4. The van der Waals surface area contributed by atoms with Crippen molar-refractivity contribution in [3.8, 4) is 17.3 Å². The van der Waals surface area contributed by atoms with Gasteiger partial charge in [-0.3, -0.25) is 4.79 Å². The molecule has 134 valence electrons. The zero-order valence-electron chi connectivity index (χ0n) is 14.5. The summed E-state index contributed by atoms with van der Waals surface area (Å²) >= 11 is 0. The first-order valence-electron chi connectivity index (χ1n) is 9.00. The average molecular weight is 351 g/mol. The fourth-order valence-electron chi connectivity index (χ4n) is 3.28. The number of rotatable bonds is 6. The van der Waals surface area contributed by atoms with Crippen molar-refractivity contribution < 1.29 is 9.53 Å². The topological polar surface area (TPSA) is 81.4 Å². The molecule has 4 rings (SSSR count). The van der Waals surface area contributed by atoms with Gasteiger partial charge in [0.25, 0.3) is 0 Å². The largest absolute Gasteiger partial charge is 0.475 e. The van der Waals surface area contributed by atoms with Crippen LogP contribution in [-0.4, -0.2) is 38.9 Å². The molecule has 26 heavy (non-hydrogen) atoms. The van der Waals surface area contributed by atoms with Gasteiger partial charge in [-0.15, -0.1) is 15.3 Å². The summed E-state index contributed by atoms with van der Waals surface area (Å²) in [6.07, 6.45) is 4.31. The Morgan fingerprint density at radius 1 is 1.12 bits per heavy atom. The number of amides is 1. The maximum atomic E-state index is 12.0. The quantitative estimate of drug-likeness (QED) is 0.690.